The molecular weight excluding hydrogens is 554 g/mol. The minimum absolute atomic E-state index is 0. The first kappa shape index (κ1) is 27.6. The van der Waals surface area contributed by atoms with E-state index < -0.39 is 5.97 Å². The summed E-state index contributed by atoms with van der Waals surface area (Å²) in [6.07, 6.45) is 0. The molecule has 1 saturated carbocycles. The van der Waals surface area contributed by atoms with Crippen LogP contribution >= 0.6 is 34.5 Å². The van der Waals surface area contributed by atoms with Crippen LogP contribution in [0.5, 0.6) is 11.5 Å². The SMILES string of the molecule is Cc1[nH]c(C(=O)NC2[C@H]3CN(c4nc(-c5ccc(Oc6ccccc6)cc5)c(C(=O)O)s4)C[C@@H]23)c(Cl)c1Cl.[LiH]. The predicted octanol–water partition coefficient (Wildman–Crippen LogP) is 5.46. The van der Waals surface area contributed by atoms with E-state index in [4.69, 9.17) is 32.9 Å². The number of aromatic carboxylic acids is 1. The van der Waals surface area contributed by atoms with E-state index in [-0.39, 0.29) is 58.2 Å². The number of carboxylic acids is 1. The molecule has 6 rings (SSSR count). The Balaban J connectivity index is 0.00000308. The van der Waals surface area contributed by atoms with Crippen LogP contribution in [0, 0.1) is 18.8 Å². The molecule has 3 N–H and O–H groups in total. The second kappa shape index (κ2) is 10.9. The van der Waals surface area contributed by atoms with Gasteiger partial charge >= 0.3 is 24.8 Å². The maximum atomic E-state index is 12.7. The Morgan fingerprint density at radius 3 is 2.28 bits per heavy atom. The molecule has 1 amide bonds. The Hall–Kier alpha value is -2.93. The number of fused-ring (bicyclic) bond motifs is 1. The van der Waals surface area contributed by atoms with Gasteiger partial charge in [0.15, 0.2) is 5.13 Å². The number of aromatic nitrogens is 2. The molecule has 39 heavy (non-hydrogen) atoms. The van der Waals surface area contributed by atoms with E-state index in [0.717, 1.165) is 5.75 Å². The number of hydrogen-bond donors (Lipinski definition) is 3. The predicted molar refractivity (Wildman–Crippen MR) is 154 cm³/mol. The first-order valence-electron chi connectivity index (χ1n) is 12.0. The Labute approximate surface area is 250 Å². The van der Waals surface area contributed by atoms with E-state index in [2.05, 4.69) is 15.2 Å². The third-order valence-electron chi connectivity index (χ3n) is 6.96. The van der Waals surface area contributed by atoms with E-state index in [1.807, 2.05) is 42.5 Å². The van der Waals surface area contributed by atoms with Crippen LogP contribution in [-0.4, -0.2) is 64.9 Å². The molecule has 196 valence electrons. The topological polar surface area (TPSA) is 108 Å². The molecule has 1 aliphatic carbocycles. The first-order chi connectivity index (χ1) is 18.3. The summed E-state index contributed by atoms with van der Waals surface area (Å²) in [5, 5.41) is 14.1. The van der Waals surface area contributed by atoms with Crippen LogP contribution < -0.4 is 15.0 Å². The van der Waals surface area contributed by atoms with Crippen molar-refractivity contribution in [3.63, 3.8) is 0 Å². The van der Waals surface area contributed by atoms with Gasteiger partial charge < -0.3 is 25.0 Å². The van der Waals surface area contributed by atoms with Gasteiger partial charge in [0.25, 0.3) is 5.91 Å². The molecule has 2 aliphatic rings. The van der Waals surface area contributed by atoms with Crippen molar-refractivity contribution < 1.29 is 19.4 Å². The minimum atomic E-state index is -1.01. The van der Waals surface area contributed by atoms with E-state index in [1.54, 1.807) is 19.1 Å². The summed E-state index contributed by atoms with van der Waals surface area (Å²) in [6.45, 7) is 3.13. The molecule has 0 bridgehead atoms. The number of halogens is 2. The average molecular weight is 577 g/mol. The standard InChI is InChI=1S/C27H22Cl2N4O4S.Li.H/c1-13-19(28)20(29)23(30-13)25(34)31-22-17-11-33(12-18(17)22)27-32-21(24(38-27)26(35)36)14-7-9-16(10-8-14)37-15-5-3-2-4-6-15;;/h2-10,17-18,22,30H,11-12H2,1H3,(H,31,34)(H,35,36);;/t17-,18+,22?;;. The summed E-state index contributed by atoms with van der Waals surface area (Å²) < 4.78 is 5.84. The number of carbonyl (C=O) groups excluding carboxylic acids is 1. The van der Waals surface area contributed by atoms with Gasteiger partial charge in [-0.05, 0) is 43.3 Å². The number of aromatic amines is 1. The van der Waals surface area contributed by atoms with Crippen molar-refractivity contribution in [3.05, 3.63) is 80.9 Å². The number of nitrogens with one attached hydrogen (secondary N) is 2. The van der Waals surface area contributed by atoms with E-state index >= 15 is 0 Å². The van der Waals surface area contributed by atoms with Crippen LogP contribution in [0.2, 0.25) is 10.0 Å². The van der Waals surface area contributed by atoms with Gasteiger partial charge in [0, 0.05) is 42.2 Å². The van der Waals surface area contributed by atoms with Crippen molar-refractivity contribution in [2.75, 3.05) is 18.0 Å². The number of hydrogen-bond acceptors (Lipinski definition) is 6. The van der Waals surface area contributed by atoms with Crippen LogP contribution in [0.3, 0.4) is 0 Å². The number of benzene rings is 2. The number of para-hydroxylation sites is 1. The van der Waals surface area contributed by atoms with Gasteiger partial charge in [-0.15, -0.1) is 0 Å². The maximum absolute atomic E-state index is 12.7. The van der Waals surface area contributed by atoms with Gasteiger partial charge in [0.05, 0.1) is 15.7 Å². The number of thiazole rings is 1. The first-order valence-corrected chi connectivity index (χ1v) is 13.5. The van der Waals surface area contributed by atoms with E-state index in [1.165, 1.54) is 11.3 Å². The molecule has 3 heterocycles. The molecule has 3 atom stereocenters. The quantitative estimate of drug-likeness (QED) is 0.252. The van der Waals surface area contributed by atoms with Crippen molar-refractivity contribution in [1.82, 2.24) is 15.3 Å². The number of amides is 1. The fourth-order valence-corrected chi connectivity index (χ4v) is 6.30. The van der Waals surface area contributed by atoms with Gasteiger partial charge in [-0.2, -0.15) is 0 Å². The Morgan fingerprint density at radius 1 is 1.05 bits per heavy atom. The Morgan fingerprint density at radius 2 is 1.69 bits per heavy atom. The van der Waals surface area contributed by atoms with E-state index in [9.17, 15) is 14.7 Å². The average Bonchev–Trinajstić information content (AvgIpc) is 3.29. The molecule has 12 heteroatoms. The second-order valence-corrected chi connectivity index (χ2v) is 11.1. The van der Waals surface area contributed by atoms with Gasteiger partial charge in [-0.1, -0.05) is 52.7 Å². The number of carbonyl (C=O) groups is 2. The van der Waals surface area contributed by atoms with E-state index in [0.29, 0.717) is 45.9 Å². The Kier molecular flexibility index (Phi) is 7.73. The molecule has 1 saturated heterocycles. The number of nitrogens with zero attached hydrogens (tertiary/aromatic N) is 2. The molecule has 1 unspecified atom stereocenters. The molecule has 2 aromatic heterocycles. The number of rotatable bonds is 7. The zero-order chi connectivity index (χ0) is 26.6. The van der Waals surface area contributed by atoms with Crippen LogP contribution in [0.25, 0.3) is 11.3 Å². The number of piperidine rings is 1. The number of carboxylic acid groups (broad SMARTS) is 1. The van der Waals surface area contributed by atoms with Crippen molar-refractivity contribution in [2.24, 2.45) is 11.8 Å². The second-order valence-electron chi connectivity index (χ2n) is 9.40. The zero-order valence-electron chi connectivity index (χ0n) is 20.1. The molecule has 0 radical (unpaired) electrons. The number of anilines is 1. The van der Waals surface area contributed by atoms with Gasteiger partial charge in [-0.25, -0.2) is 9.78 Å². The van der Waals surface area contributed by atoms with Gasteiger partial charge in [0.2, 0.25) is 0 Å². The zero-order valence-corrected chi connectivity index (χ0v) is 22.4. The van der Waals surface area contributed by atoms with Gasteiger partial charge in [0.1, 0.15) is 22.1 Å². The Bertz CT molecular complexity index is 1530. The summed E-state index contributed by atoms with van der Waals surface area (Å²) in [5.74, 6) is 0.607. The van der Waals surface area contributed by atoms with Crippen LogP contribution in [0.1, 0.15) is 25.9 Å². The fraction of sp³-hybridized carbons (Fsp3) is 0.222. The summed E-state index contributed by atoms with van der Waals surface area (Å²) >= 11 is 13.4. The number of H-pyrrole nitrogens is 1. The van der Waals surface area contributed by atoms with Crippen molar-refractivity contribution in [2.45, 2.75) is 13.0 Å². The molecule has 2 aromatic carbocycles. The summed E-state index contributed by atoms with van der Waals surface area (Å²) in [6, 6.07) is 16.7. The molecule has 8 nitrogen and oxygen atoms in total. The number of ether oxygens (including phenoxy) is 1. The molecule has 0 spiro atoms. The monoisotopic (exact) mass is 576 g/mol. The van der Waals surface area contributed by atoms with Crippen LogP contribution in [0.4, 0.5) is 5.13 Å². The van der Waals surface area contributed by atoms with Crippen molar-refractivity contribution in [1.29, 1.82) is 0 Å². The van der Waals surface area contributed by atoms with Crippen LogP contribution in [-0.2, 0) is 0 Å². The summed E-state index contributed by atoms with van der Waals surface area (Å²) in [4.78, 5) is 34.6. The normalized spacial score (nSPS) is 19.3. The summed E-state index contributed by atoms with van der Waals surface area (Å²) in [5.41, 5.74) is 2.06. The molecule has 4 aromatic rings. The fourth-order valence-electron chi connectivity index (χ4n) is 4.94. The molecule has 2 fully saturated rings. The molecule has 1 aliphatic heterocycles. The third kappa shape index (κ3) is 5.30. The molecular formula is C27H23Cl2LiN4O4S. The summed E-state index contributed by atoms with van der Waals surface area (Å²) in [7, 11) is 0. The van der Waals surface area contributed by atoms with Crippen molar-refractivity contribution >= 4 is 70.4 Å². The third-order valence-corrected chi connectivity index (χ3v) is 9.01. The van der Waals surface area contributed by atoms with Crippen molar-refractivity contribution in [3.8, 4) is 22.8 Å². The van der Waals surface area contributed by atoms with Gasteiger partial charge in [-0.3, -0.25) is 4.79 Å². The van der Waals surface area contributed by atoms with Crippen LogP contribution in [0.15, 0.2) is 54.6 Å². The number of aryl methyl sites for hydroxylation is 1.